The Morgan fingerprint density at radius 1 is 1.37 bits per heavy atom. The molecule has 0 heterocycles. The van der Waals surface area contributed by atoms with Gasteiger partial charge in [0.2, 0.25) is 5.91 Å². The molecule has 0 unspecified atom stereocenters. The Labute approximate surface area is 112 Å². The number of nitrogens with one attached hydrogen (secondary N) is 1. The third kappa shape index (κ3) is 5.09. The van der Waals surface area contributed by atoms with Crippen LogP contribution in [-0.4, -0.2) is 36.2 Å². The van der Waals surface area contributed by atoms with Gasteiger partial charge in [0.15, 0.2) is 0 Å². The van der Waals surface area contributed by atoms with Crippen LogP contribution in [0.1, 0.15) is 29.8 Å². The van der Waals surface area contributed by atoms with Crippen LogP contribution >= 0.6 is 0 Å². The maximum Gasteiger partial charge on any atom is 0.335 e. The molecule has 0 saturated heterocycles. The molecule has 0 spiro atoms. The molecular formula is C14H19NO4. The van der Waals surface area contributed by atoms with Gasteiger partial charge in [0.05, 0.1) is 24.1 Å². The first kappa shape index (κ1) is 15.2. The minimum atomic E-state index is -0.998. The molecule has 5 heteroatoms. The molecule has 0 aromatic heterocycles. The van der Waals surface area contributed by atoms with Gasteiger partial charge in [0.1, 0.15) is 0 Å². The summed E-state index contributed by atoms with van der Waals surface area (Å²) < 4.78 is 5.02. The first-order valence-corrected chi connectivity index (χ1v) is 5.96. The topological polar surface area (TPSA) is 75.6 Å². The third-order valence-corrected chi connectivity index (χ3v) is 2.52. The van der Waals surface area contributed by atoms with Crippen molar-refractivity contribution in [1.29, 1.82) is 0 Å². The van der Waals surface area contributed by atoms with Crippen molar-refractivity contribution in [2.75, 3.05) is 13.7 Å². The van der Waals surface area contributed by atoms with Gasteiger partial charge in [-0.15, -0.1) is 0 Å². The minimum Gasteiger partial charge on any atom is -0.478 e. The standard InChI is InChI=1S/C14H19NO4/c1-14(2,9-19-3)15-12(16)8-10-5-4-6-11(7-10)13(17)18/h4-7H,8-9H2,1-3H3,(H,15,16)(H,17,18). The number of rotatable bonds is 6. The lowest BCUT2D eigenvalue weighted by Gasteiger charge is -2.25. The molecule has 1 amide bonds. The van der Waals surface area contributed by atoms with Crippen LogP contribution in [0.2, 0.25) is 0 Å². The average molecular weight is 265 g/mol. The highest BCUT2D eigenvalue weighted by molar-refractivity contribution is 5.88. The Balaban J connectivity index is 2.67. The number of hydrogen-bond donors (Lipinski definition) is 2. The Morgan fingerprint density at radius 3 is 2.63 bits per heavy atom. The van der Waals surface area contributed by atoms with Gasteiger partial charge in [0, 0.05) is 7.11 Å². The van der Waals surface area contributed by atoms with Crippen LogP contribution in [0.25, 0.3) is 0 Å². The summed E-state index contributed by atoms with van der Waals surface area (Å²) >= 11 is 0. The monoisotopic (exact) mass is 265 g/mol. The van der Waals surface area contributed by atoms with E-state index >= 15 is 0 Å². The van der Waals surface area contributed by atoms with Crippen LogP contribution < -0.4 is 5.32 Å². The van der Waals surface area contributed by atoms with Crippen molar-refractivity contribution in [3.05, 3.63) is 35.4 Å². The summed E-state index contributed by atoms with van der Waals surface area (Å²) in [6.45, 7) is 4.14. The molecule has 5 nitrogen and oxygen atoms in total. The van der Waals surface area contributed by atoms with Crippen LogP contribution in [-0.2, 0) is 16.0 Å². The van der Waals surface area contributed by atoms with Gasteiger partial charge in [0.25, 0.3) is 0 Å². The molecule has 0 radical (unpaired) electrons. The summed E-state index contributed by atoms with van der Waals surface area (Å²) in [7, 11) is 1.57. The summed E-state index contributed by atoms with van der Waals surface area (Å²) in [6, 6.07) is 6.37. The summed E-state index contributed by atoms with van der Waals surface area (Å²) in [6.07, 6.45) is 0.147. The zero-order valence-corrected chi connectivity index (χ0v) is 11.4. The largest absolute Gasteiger partial charge is 0.478 e. The number of carboxylic acid groups (broad SMARTS) is 1. The Bertz CT molecular complexity index is 468. The Hall–Kier alpha value is -1.88. The van der Waals surface area contributed by atoms with E-state index in [4.69, 9.17) is 9.84 Å². The molecule has 0 atom stereocenters. The molecule has 0 bridgehead atoms. The number of aromatic carboxylic acids is 1. The average Bonchev–Trinajstić information content (AvgIpc) is 2.27. The van der Waals surface area contributed by atoms with E-state index in [0.29, 0.717) is 12.2 Å². The van der Waals surface area contributed by atoms with Crippen LogP contribution in [0.15, 0.2) is 24.3 Å². The number of carboxylic acids is 1. The molecule has 2 N–H and O–H groups in total. The number of hydrogen-bond acceptors (Lipinski definition) is 3. The summed E-state index contributed by atoms with van der Waals surface area (Å²) in [5, 5.41) is 11.7. The number of benzene rings is 1. The lowest BCUT2D eigenvalue weighted by molar-refractivity contribution is -0.122. The smallest absolute Gasteiger partial charge is 0.335 e. The minimum absolute atomic E-state index is 0.147. The van der Waals surface area contributed by atoms with Crippen LogP contribution in [0.4, 0.5) is 0 Å². The first-order chi connectivity index (χ1) is 8.84. The van der Waals surface area contributed by atoms with Crippen LogP contribution in [0, 0.1) is 0 Å². The van der Waals surface area contributed by atoms with Gasteiger partial charge < -0.3 is 15.2 Å². The SMILES string of the molecule is COCC(C)(C)NC(=O)Cc1cccc(C(=O)O)c1. The number of methoxy groups -OCH3 is 1. The van der Waals surface area contributed by atoms with Gasteiger partial charge >= 0.3 is 5.97 Å². The van der Waals surface area contributed by atoms with Crippen molar-refractivity contribution < 1.29 is 19.4 Å². The fourth-order valence-corrected chi connectivity index (χ4v) is 1.82. The molecule has 0 saturated carbocycles. The molecule has 1 aromatic carbocycles. The van der Waals surface area contributed by atoms with Crippen LogP contribution in [0.5, 0.6) is 0 Å². The maximum atomic E-state index is 11.9. The molecule has 104 valence electrons. The van der Waals surface area contributed by atoms with Gasteiger partial charge in [-0.1, -0.05) is 12.1 Å². The normalized spacial score (nSPS) is 11.1. The van der Waals surface area contributed by atoms with E-state index in [0.717, 1.165) is 0 Å². The molecule has 1 rings (SSSR count). The van der Waals surface area contributed by atoms with Crippen molar-refractivity contribution in [2.24, 2.45) is 0 Å². The van der Waals surface area contributed by atoms with Crippen molar-refractivity contribution in [1.82, 2.24) is 5.32 Å². The predicted molar refractivity (Wildman–Crippen MR) is 71.2 cm³/mol. The molecule has 0 aliphatic carbocycles. The second kappa shape index (κ2) is 6.33. The third-order valence-electron chi connectivity index (χ3n) is 2.52. The Kier molecular flexibility index (Phi) is 5.06. The zero-order valence-electron chi connectivity index (χ0n) is 11.4. The number of ether oxygens (including phenoxy) is 1. The molecular weight excluding hydrogens is 246 g/mol. The van der Waals surface area contributed by atoms with E-state index in [2.05, 4.69) is 5.32 Å². The zero-order chi connectivity index (χ0) is 14.5. The summed E-state index contributed by atoms with van der Waals surface area (Å²) in [5.41, 5.74) is 0.406. The van der Waals surface area contributed by atoms with E-state index in [1.165, 1.54) is 12.1 Å². The molecule has 0 aliphatic heterocycles. The molecule has 0 fully saturated rings. The van der Waals surface area contributed by atoms with Gasteiger partial charge in [-0.25, -0.2) is 4.79 Å². The van der Waals surface area contributed by atoms with E-state index < -0.39 is 11.5 Å². The number of carbonyl (C=O) groups is 2. The molecule has 0 aliphatic rings. The molecule has 1 aromatic rings. The highest BCUT2D eigenvalue weighted by Gasteiger charge is 2.20. The van der Waals surface area contributed by atoms with Gasteiger partial charge in [-0.3, -0.25) is 4.79 Å². The number of amides is 1. The second-order valence-electron chi connectivity index (χ2n) is 5.05. The first-order valence-electron chi connectivity index (χ1n) is 5.96. The van der Waals surface area contributed by atoms with E-state index in [1.807, 2.05) is 13.8 Å². The second-order valence-corrected chi connectivity index (χ2v) is 5.05. The number of carbonyl (C=O) groups excluding carboxylic acids is 1. The van der Waals surface area contributed by atoms with E-state index in [9.17, 15) is 9.59 Å². The highest BCUT2D eigenvalue weighted by atomic mass is 16.5. The molecule has 19 heavy (non-hydrogen) atoms. The fraction of sp³-hybridized carbons (Fsp3) is 0.429. The predicted octanol–water partition coefficient (Wildman–Crippen LogP) is 1.47. The van der Waals surface area contributed by atoms with E-state index in [1.54, 1.807) is 19.2 Å². The van der Waals surface area contributed by atoms with E-state index in [-0.39, 0.29) is 17.9 Å². The van der Waals surface area contributed by atoms with Crippen molar-refractivity contribution in [3.8, 4) is 0 Å². The lowest BCUT2D eigenvalue weighted by Crippen LogP contribution is -2.47. The van der Waals surface area contributed by atoms with Crippen molar-refractivity contribution in [2.45, 2.75) is 25.8 Å². The Morgan fingerprint density at radius 2 is 2.05 bits per heavy atom. The lowest BCUT2D eigenvalue weighted by atomic mass is 10.0. The van der Waals surface area contributed by atoms with Crippen molar-refractivity contribution >= 4 is 11.9 Å². The van der Waals surface area contributed by atoms with Crippen LogP contribution in [0.3, 0.4) is 0 Å². The summed E-state index contributed by atoms with van der Waals surface area (Å²) in [5.74, 6) is -1.16. The quantitative estimate of drug-likeness (QED) is 0.816. The maximum absolute atomic E-state index is 11.9. The van der Waals surface area contributed by atoms with Crippen molar-refractivity contribution in [3.63, 3.8) is 0 Å². The summed E-state index contributed by atoms with van der Waals surface area (Å²) in [4.78, 5) is 22.7. The van der Waals surface area contributed by atoms with Gasteiger partial charge in [-0.05, 0) is 31.5 Å². The fourth-order valence-electron chi connectivity index (χ4n) is 1.82. The van der Waals surface area contributed by atoms with Gasteiger partial charge in [-0.2, -0.15) is 0 Å². The highest BCUT2D eigenvalue weighted by Crippen LogP contribution is 2.08.